The van der Waals surface area contributed by atoms with Crippen LogP contribution in [0.15, 0.2) is 22.1 Å². The van der Waals surface area contributed by atoms with Crippen LogP contribution < -0.4 is 5.73 Å². The molecule has 0 bridgehead atoms. The molecule has 1 saturated carbocycles. The first-order valence-electron chi connectivity index (χ1n) is 4.52. The van der Waals surface area contributed by atoms with E-state index in [-0.39, 0.29) is 5.54 Å². The molecule has 2 N–H and O–H groups in total. The largest absolute Gasteiger partial charge is 0.320 e. The van der Waals surface area contributed by atoms with Gasteiger partial charge in [-0.1, -0.05) is 0 Å². The Morgan fingerprint density at radius 3 is 3.00 bits per heavy atom. The first-order chi connectivity index (χ1) is 6.71. The quantitative estimate of drug-likeness (QED) is 0.864. The van der Waals surface area contributed by atoms with E-state index in [2.05, 4.69) is 32.4 Å². The summed E-state index contributed by atoms with van der Waals surface area (Å²) < 4.78 is 2.29. The molecule has 0 aliphatic heterocycles. The van der Waals surface area contributed by atoms with Crippen molar-refractivity contribution in [3.63, 3.8) is 0 Å². The van der Waals surface area contributed by atoms with Crippen molar-refractivity contribution < 1.29 is 0 Å². The van der Waals surface area contributed by atoms with E-state index in [1.54, 1.807) is 11.3 Å². The van der Waals surface area contributed by atoms with E-state index in [0.29, 0.717) is 0 Å². The van der Waals surface area contributed by atoms with Crippen LogP contribution in [0.5, 0.6) is 0 Å². The summed E-state index contributed by atoms with van der Waals surface area (Å²) in [7, 11) is 0. The van der Waals surface area contributed by atoms with E-state index < -0.39 is 0 Å². The van der Waals surface area contributed by atoms with Gasteiger partial charge in [-0.25, -0.2) is 0 Å². The lowest BCUT2D eigenvalue weighted by Gasteiger charge is -2.09. The molecule has 4 heteroatoms. The molecule has 1 fully saturated rings. The lowest BCUT2D eigenvalue weighted by molar-refractivity contribution is 0.718. The van der Waals surface area contributed by atoms with Crippen LogP contribution in [-0.4, -0.2) is 4.98 Å². The Labute approximate surface area is 94.3 Å². The Balaban J connectivity index is 2.34. The fourth-order valence-electron chi connectivity index (χ4n) is 1.66. The van der Waals surface area contributed by atoms with Gasteiger partial charge in [-0.3, -0.25) is 4.98 Å². The second-order valence-electron chi connectivity index (χ2n) is 3.77. The van der Waals surface area contributed by atoms with E-state index in [1.807, 2.05) is 6.20 Å². The molecule has 0 unspecified atom stereocenters. The van der Waals surface area contributed by atoms with E-state index in [9.17, 15) is 0 Å². The molecule has 2 aromatic rings. The van der Waals surface area contributed by atoms with Crippen molar-refractivity contribution >= 4 is 37.4 Å². The van der Waals surface area contributed by atoms with Gasteiger partial charge < -0.3 is 5.73 Å². The van der Waals surface area contributed by atoms with Crippen LogP contribution in [0, 0.1) is 0 Å². The predicted octanol–water partition coefficient (Wildman–Crippen LogP) is 3.01. The van der Waals surface area contributed by atoms with Crippen molar-refractivity contribution in [3.05, 3.63) is 27.8 Å². The third kappa shape index (κ3) is 1.14. The average molecular weight is 269 g/mol. The zero-order valence-electron chi connectivity index (χ0n) is 7.46. The molecular formula is C10H9BrN2S. The van der Waals surface area contributed by atoms with E-state index in [4.69, 9.17) is 5.73 Å². The van der Waals surface area contributed by atoms with Gasteiger partial charge in [0, 0.05) is 16.1 Å². The second-order valence-corrected chi connectivity index (χ2v) is 5.54. The number of halogens is 1. The maximum absolute atomic E-state index is 6.17. The van der Waals surface area contributed by atoms with Gasteiger partial charge >= 0.3 is 0 Å². The van der Waals surface area contributed by atoms with Crippen LogP contribution >= 0.6 is 27.3 Å². The van der Waals surface area contributed by atoms with Crippen LogP contribution in [0.4, 0.5) is 0 Å². The molecule has 0 amide bonds. The standard InChI is InChI=1S/C10H9BrN2S/c11-7-5-13-9(10(12)2-3-10)8-6(7)1-4-14-8/h1,4-5H,2-3,12H2. The van der Waals surface area contributed by atoms with Gasteiger partial charge in [-0.15, -0.1) is 11.3 Å². The fraction of sp³-hybridized carbons (Fsp3) is 0.300. The Morgan fingerprint density at radius 2 is 2.29 bits per heavy atom. The van der Waals surface area contributed by atoms with Crippen molar-refractivity contribution in [2.24, 2.45) is 5.73 Å². The maximum Gasteiger partial charge on any atom is 0.0781 e. The molecule has 1 aliphatic carbocycles. The summed E-state index contributed by atoms with van der Waals surface area (Å²) in [5.74, 6) is 0. The number of fused-ring (bicyclic) bond motifs is 1. The van der Waals surface area contributed by atoms with Crippen molar-refractivity contribution in [1.29, 1.82) is 0 Å². The minimum Gasteiger partial charge on any atom is -0.320 e. The fourth-order valence-corrected chi connectivity index (χ4v) is 3.23. The Bertz CT molecular complexity index is 502. The SMILES string of the molecule is NC1(c2ncc(Br)c3ccsc23)CC1. The lowest BCUT2D eigenvalue weighted by Crippen LogP contribution is -2.20. The highest BCUT2D eigenvalue weighted by molar-refractivity contribution is 9.10. The smallest absolute Gasteiger partial charge is 0.0781 e. The zero-order chi connectivity index (χ0) is 9.76. The van der Waals surface area contributed by atoms with Gasteiger partial charge in [0.05, 0.1) is 15.9 Å². The molecule has 0 atom stereocenters. The van der Waals surface area contributed by atoms with Crippen molar-refractivity contribution in [2.45, 2.75) is 18.4 Å². The van der Waals surface area contributed by atoms with Gasteiger partial charge in [0.1, 0.15) is 0 Å². The molecule has 1 aliphatic rings. The Morgan fingerprint density at radius 1 is 1.50 bits per heavy atom. The summed E-state index contributed by atoms with van der Waals surface area (Å²) >= 11 is 5.22. The Kier molecular flexibility index (Phi) is 1.75. The molecule has 2 heterocycles. The highest BCUT2D eigenvalue weighted by Gasteiger charge is 2.43. The molecule has 0 saturated heterocycles. The first kappa shape index (κ1) is 8.83. The van der Waals surface area contributed by atoms with Gasteiger partial charge in [0.25, 0.3) is 0 Å². The van der Waals surface area contributed by atoms with E-state index >= 15 is 0 Å². The van der Waals surface area contributed by atoms with Gasteiger partial charge in [0.15, 0.2) is 0 Å². The number of pyridine rings is 1. The van der Waals surface area contributed by atoms with Crippen LogP contribution in [0.3, 0.4) is 0 Å². The van der Waals surface area contributed by atoms with Gasteiger partial charge in [-0.05, 0) is 40.2 Å². The van der Waals surface area contributed by atoms with E-state index in [1.165, 1.54) is 10.1 Å². The number of hydrogen-bond donors (Lipinski definition) is 1. The Hall–Kier alpha value is -0.450. The molecular weight excluding hydrogens is 260 g/mol. The topological polar surface area (TPSA) is 38.9 Å². The minimum atomic E-state index is -0.135. The zero-order valence-corrected chi connectivity index (χ0v) is 9.86. The van der Waals surface area contributed by atoms with Gasteiger partial charge in [0.2, 0.25) is 0 Å². The van der Waals surface area contributed by atoms with Crippen LogP contribution in [0.25, 0.3) is 10.1 Å². The van der Waals surface area contributed by atoms with Crippen LogP contribution in [0.1, 0.15) is 18.5 Å². The molecule has 3 rings (SSSR count). The monoisotopic (exact) mass is 268 g/mol. The minimum absolute atomic E-state index is 0.135. The average Bonchev–Trinajstić information content (AvgIpc) is 2.74. The summed E-state index contributed by atoms with van der Waals surface area (Å²) in [5.41, 5.74) is 7.11. The van der Waals surface area contributed by atoms with Crippen LogP contribution in [0.2, 0.25) is 0 Å². The third-order valence-corrected chi connectivity index (χ3v) is 4.26. The third-order valence-electron chi connectivity index (χ3n) is 2.70. The molecule has 2 nitrogen and oxygen atoms in total. The molecule has 0 spiro atoms. The molecule has 2 aromatic heterocycles. The van der Waals surface area contributed by atoms with Gasteiger partial charge in [-0.2, -0.15) is 0 Å². The lowest BCUT2D eigenvalue weighted by atomic mass is 10.1. The summed E-state index contributed by atoms with van der Waals surface area (Å²) in [4.78, 5) is 4.45. The molecule has 0 aromatic carbocycles. The highest BCUT2D eigenvalue weighted by Crippen LogP contribution is 2.46. The second kappa shape index (κ2) is 2.78. The number of aromatic nitrogens is 1. The number of nitrogens with zero attached hydrogens (tertiary/aromatic N) is 1. The number of rotatable bonds is 1. The van der Waals surface area contributed by atoms with E-state index in [0.717, 1.165) is 23.0 Å². The van der Waals surface area contributed by atoms with Crippen molar-refractivity contribution in [1.82, 2.24) is 4.98 Å². The molecule has 72 valence electrons. The molecule has 0 radical (unpaired) electrons. The van der Waals surface area contributed by atoms with Crippen molar-refractivity contribution in [3.8, 4) is 0 Å². The summed E-state index contributed by atoms with van der Waals surface area (Å²) in [5, 5.41) is 3.32. The maximum atomic E-state index is 6.17. The normalized spacial score (nSPS) is 18.7. The summed E-state index contributed by atoms with van der Waals surface area (Å²) in [6.07, 6.45) is 3.99. The number of hydrogen-bond acceptors (Lipinski definition) is 3. The summed E-state index contributed by atoms with van der Waals surface area (Å²) in [6, 6.07) is 2.11. The number of nitrogens with two attached hydrogens (primary N) is 1. The summed E-state index contributed by atoms with van der Waals surface area (Å²) in [6.45, 7) is 0. The molecule has 14 heavy (non-hydrogen) atoms. The number of thiophene rings is 1. The van der Waals surface area contributed by atoms with Crippen LogP contribution in [-0.2, 0) is 5.54 Å². The van der Waals surface area contributed by atoms with Crippen molar-refractivity contribution in [2.75, 3.05) is 0 Å². The highest BCUT2D eigenvalue weighted by atomic mass is 79.9. The predicted molar refractivity (Wildman–Crippen MR) is 62.4 cm³/mol. The first-order valence-corrected chi connectivity index (χ1v) is 6.19.